The molecule has 0 aliphatic carbocycles. The fourth-order valence-corrected chi connectivity index (χ4v) is 1.87. The predicted molar refractivity (Wildman–Crippen MR) is 85.7 cm³/mol. The number of ether oxygens (including phenoxy) is 2. The maximum absolute atomic E-state index is 5.22. The van der Waals surface area contributed by atoms with E-state index in [1.807, 2.05) is 42.5 Å². The van der Waals surface area contributed by atoms with Crippen LogP contribution in [0.1, 0.15) is 11.1 Å². The first-order chi connectivity index (χ1) is 10.3. The van der Waals surface area contributed by atoms with E-state index >= 15 is 0 Å². The number of rotatable bonds is 4. The normalized spacial score (nSPS) is 10.0. The van der Waals surface area contributed by atoms with Gasteiger partial charge in [0.15, 0.2) is 0 Å². The van der Waals surface area contributed by atoms with E-state index in [-0.39, 0.29) is 0 Å². The van der Waals surface area contributed by atoms with Crippen molar-refractivity contribution < 1.29 is 9.47 Å². The molecule has 106 valence electrons. The van der Waals surface area contributed by atoms with Crippen LogP contribution in [0.4, 0.5) is 0 Å². The Morgan fingerprint density at radius 2 is 1.62 bits per heavy atom. The number of methoxy groups -OCH3 is 2. The Balaban J connectivity index is 2.02. The average molecular weight is 278 g/mol. The molecule has 0 saturated carbocycles. The molecular formula is C19H18O2. The molecule has 21 heavy (non-hydrogen) atoms. The van der Waals surface area contributed by atoms with E-state index in [1.165, 1.54) is 5.56 Å². The summed E-state index contributed by atoms with van der Waals surface area (Å²) in [5.41, 5.74) is 2.15. The van der Waals surface area contributed by atoms with Crippen LogP contribution in [-0.4, -0.2) is 14.2 Å². The minimum Gasteiger partial charge on any atom is -0.497 e. The van der Waals surface area contributed by atoms with Crippen LogP contribution in [0, 0.1) is 11.8 Å². The third-order valence-corrected chi connectivity index (χ3v) is 2.97. The molecule has 0 saturated heterocycles. The second-order valence-corrected chi connectivity index (χ2v) is 4.46. The topological polar surface area (TPSA) is 18.5 Å². The fourth-order valence-electron chi connectivity index (χ4n) is 1.87. The van der Waals surface area contributed by atoms with Crippen LogP contribution in [0.2, 0.25) is 0 Å². The van der Waals surface area contributed by atoms with Gasteiger partial charge in [0, 0.05) is 11.6 Å². The highest BCUT2D eigenvalue weighted by Crippen LogP contribution is 2.21. The maximum atomic E-state index is 5.22. The Morgan fingerprint density at radius 3 is 2.24 bits per heavy atom. The molecule has 0 unspecified atom stereocenters. The van der Waals surface area contributed by atoms with E-state index in [9.17, 15) is 0 Å². The van der Waals surface area contributed by atoms with Gasteiger partial charge in [-0.3, -0.25) is 0 Å². The van der Waals surface area contributed by atoms with Crippen molar-refractivity contribution in [1.29, 1.82) is 0 Å². The summed E-state index contributed by atoms with van der Waals surface area (Å²) in [6.07, 6.45) is 4.82. The summed E-state index contributed by atoms with van der Waals surface area (Å²) in [5, 5.41) is 0. The second-order valence-electron chi connectivity index (χ2n) is 4.46. The molecule has 0 radical (unpaired) electrons. The van der Waals surface area contributed by atoms with Gasteiger partial charge in [-0.25, -0.2) is 0 Å². The molecule has 0 spiro atoms. The molecular weight excluding hydrogens is 260 g/mol. The average Bonchev–Trinajstić information content (AvgIpc) is 2.55. The van der Waals surface area contributed by atoms with Crippen LogP contribution in [0.15, 0.2) is 60.7 Å². The molecule has 2 aromatic carbocycles. The second kappa shape index (κ2) is 7.81. The Hall–Kier alpha value is -2.66. The van der Waals surface area contributed by atoms with Crippen molar-refractivity contribution in [3.63, 3.8) is 0 Å². The molecule has 0 fully saturated rings. The Kier molecular flexibility index (Phi) is 5.49. The highest BCUT2D eigenvalue weighted by molar-refractivity contribution is 5.47. The summed E-state index contributed by atoms with van der Waals surface area (Å²) in [5.74, 6) is 7.60. The first kappa shape index (κ1) is 14.7. The smallest absolute Gasteiger partial charge is 0.123 e. The monoisotopic (exact) mass is 278 g/mol. The summed E-state index contributed by atoms with van der Waals surface area (Å²) in [6.45, 7) is 0. The molecule has 0 heterocycles. The van der Waals surface area contributed by atoms with Gasteiger partial charge < -0.3 is 9.47 Å². The number of benzene rings is 2. The van der Waals surface area contributed by atoms with Gasteiger partial charge in [-0.2, -0.15) is 0 Å². The summed E-state index contributed by atoms with van der Waals surface area (Å²) >= 11 is 0. The lowest BCUT2D eigenvalue weighted by molar-refractivity contribution is 0.394. The van der Waals surface area contributed by atoms with Crippen LogP contribution in [-0.2, 0) is 6.42 Å². The first-order valence-corrected chi connectivity index (χ1v) is 6.75. The molecule has 0 aliphatic heterocycles. The molecule has 0 atom stereocenters. The minimum atomic E-state index is 0.743. The summed E-state index contributed by atoms with van der Waals surface area (Å²) < 4.78 is 10.4. The van der Waals surface area contributed by atoms with Crippen molar-refractivity contribution >= 4 is 0 Å². The largest absolute Gasteiger partial charge is 0.497 e. The molecule has 0 amide bonds. The zero-order valence-electron chi connectivity index (χ0n) is 12.3. The molecule has 2 heteroatoms. The summed E-state index contributed by atoms with van der Waals surface area (Å²) in [7, 11) is 3.26. The highest BCUT2D eigenvalue weighted by Gasteiger charge is 1.98. The maximum Gasteiger partial charge on any atom is 0.123 e. The predicted octanol–water partition coefficient (Wildman–Crippen LogP) is 3.85. The molecule has 0 bridgehead atoms. The van der Waals surface area contributed by atoms with Gasteiger partial charge >= 0.3 is 0 Å². The van der Waals surface area contributed by atoms with Crippen molar-refractivity contribution in [1.82, 2.24) is 0 Å². The van der Waals surface area contributed by atoms with E-state index in [4.69, 9.17) is 9.47 Å². The van der Waals surface area contributed by atoms with Crippen molar-refractivity contribution in [3.8, 4) is 23.3 Å². The Morgan fingerprint density at radius 1 is 0.952 bits per heavy atom. The third-order valence-electron chi connectivity index (χ3n) is 2.97. The van der Waals surface area contributed by atoms with Crippen LogP contribution in [0.3, 0.4) is 0 Å². The molecule has 2 aromatic rings. The SMILES string of the molecule is COc1cc(C#C/C=C/Cc2ccccc2)cc(OC)c1. The molecule has 2 rings (SSSR count). The zero-order chi connectivity index (χ0) is 14.9. The van der Waals surface area contributed by atoms with Gasteiger partial charge in [-0.1, -0.05) is 48.2 Å². The fraction of sp³-hybridized carbons (Fsp3) is 0.158. The van der Waals surface area contributed by atoms with Gasteiger partial charge in [-0.15, -0.1) is 0 Å². The van der Waals surface area contributed by atoms with Crippen molar-refractivity contribution in [2.75, 3.05) is 14.2 Å². The number of allylic oxidation sites excluding steroid dienone is 2. The molecule has 0 aliphatic rings. The third kappa shape index (κ3) is 4.74. The van der Waals surface area contributed by atoms with E-state index in [2.05, 4.69) is 30.0 Å². The van der Waals surface area contributed by atoms with Gasteiger partial charge in [0.05, 0.1) is 14.2 Å². The quantitative estimate of drug-likeness (QED) is 0.791. The number of hydrogen-bond donors (Lipinski definition) is 0. The molecule has 2 nitrogen and oxygen atoms in total. The number of hydrogen-bond acceptors (Lipinski definition) is 2. The Bertz CT molecular complexity index is 639. The van der Waals surface area contributed by atoms with Crippen molar-refractivity contribution in [2.45, 2.75) is 6.42 Å². The molecule has 0 N–H and O–H groups in total. The molecule has 0 aromatic heterocycles. The van der Waals surface area contributed by atoms with Crippen LogP contribution < -0.4 is 9.47 Å². The van der Waals surface area contributed by atoms with E-state index < -0.39 is 0 Å². The van der Waals surface area contributed by atoms with E-state index in [0.717, 1.165) is 23.5 Å². The van der Waals surface area contributed by atoms with Crippen LogP contribution >= 0.6 is 0 Å². The van der Waals surface area contributed by atoms with E-state index in [0.29, 0.717) is 0 Å². The summed E-state index contributed by atoms with van der Waals surface area (Å²) in [4.78, 5) is 0. The lowest BCUT2D eigenvalue weighted by Gasteiger charge is -2.04. The summed E-state index contributed by atoms with van der Waals surface area (Å²) in [6, 6.07) is 15.9. The zero-order valence-corrected chi connectivity index (χ0v) is 12.3. The van der Waals surface area contributed by atoms with Gasteiger partial charge in [0.1, 0.15) is 11.5 Å². The highest BCUT2D eigenvalue weighted by atomic mass is 16.5. The standard InChI is InChI=1S/C19H18O2/c1-20-18-13-17(14-19(15-18)21-2)12-8-4-7-11-16-9-5-3-6-10-16/h3-7,9-10,13-15H,11H2,1-2H3/b7-4+. The van der Waals surface area contributed by atoms with Gasteiger partial charge in [0.2, 0.25) is 0 Å². The van der Waals surface area contributed by atoms with Crippen molar-refractivity contribution in [2.24, 2.45) is 0 Å². The lowest BCUT2D eigenvalue weighted by Crippen LogP contribution is -1.88. The minimum absolute atomic E-state index is 0.743. The van der Waals surface area contributed by atoms with E-state index in [1.54, 1.807) is 14.2 Å². The van der Waals surface area contributed by atoms with Gasteiger partial charge in [-0.05, 0) is 30.2 Å². The van der Waals surface area contributed by atoms with Gasteiger partial charge in [0.25, 0.3) is 0 Å². The lowest BCUT2D eigenvalue weighted by atomic mass is 10.1. The van der Waals surface area contributed by atoms with Crippen LogP contribution in [0.5, 0.6) is 11.5 Å². The van der Waals surface area contributed by atoms with Crippen LogP contribution in [0.25, 0.3) is 0 Å². The Labute approximate surface area is 126 Å². The first-order valence-electron chi connectivity index (χ1n) is 6.75. The van der Waals surface area contributed by atoms with Crippen molar-refractivity contribution in [3.05, 3.63) is 71.8 Å².